The second kappa shape index (κ2) is 13.8. The van der Waals surface area contributed by atoms with Crippen molar-refractivity contribution in [1.82, 2.24) is 10.2 Å². The molecule has 36 heavy (non-hydrogen) atoms. The fourth-order valence-corrected chi connectivity index (χ4v) is 4.80. The molecule has 0 spiro atoms. The van der Waals surface area contributed by atoms with Crippen molar-refractivity contribution in [1.29, 1.82) is 0 Å². The zero-order valence-corrected chi connectivity index (χ0v) is 22.2. The Labute approximate surface area is 213 Å². The number of carbonyl (C=O) groups excluding carboxylic acids is 2. The van der Waals surface area contributed by atoms with Gasteiger partial charge in [-0.05, 0) is 49.1 Å². The lowest BCUT2D eigenvalue weighted by Crippen LogP contribution is -2.49. The maximum absolute atomic E-state index is 13.4. The van der Waals surface area contributed by atoms with Crippen LogP contribution in [0.15, 0.2) is 48.5 Å². The van der Waals surface area contributed by atoms with Gasteiger partial charge in [-0.1, -0.05) is 32.0 Å². The molecule has 0 radical (unpaired) electrons. The van der Waals surface area contributed by atoms with Crippen molar-refractivity contribution in [3.8, 4) is 5.75 Å². The first kappa shape index (κ1) is 29.1. The highest BCUT2D eigenvalue weighted by Gasteiger charge is 2.28. The fourth-order valence-electron chi connectivity index (χ4n) is 3.84. The predicted molar refractivity (Wildman–Crippen MR) is 139 cm³/mol. The Balaban J connectivity index is 2.20. The van der Waals surface area contributed by atoms with E-state index < -0.39 is 16.1 Å². The number of nitrogens with one attached hydrogen (secondary N) is 1. The van der Waals surface area contributed by atoms with E-state index in [-0.39, 0.29) is 43.6 Å². The van der Waals surface area contributed by atoms with Crippen LogP contribution in [0.1, 0.15) is 45.1 Å². The first-order valence-corrected chi connectivity index (χ1v) is 13.9. The van der Waals surface area contributed by atoms with Crippen molar-refractivity contribution >= 4 is 27.5 Å². The maximum atomic E-state index is 13.4. The van der Waals surface area contributed by atoms with Gasteiger partial charge in [-0.2, -0.15) is 0 Å². The Hall–Kier alpha value is -3.14. The summed E-state index contributed by atoms with van der Waals surface area (Å²) in [5, 5.41) is 2.85. The average molecular weight is 522 g/mol. The number of nitrogens with zero attached hydrogens (tertiary/aromatic N) is 2. The van der Waals surface area contributed by atoms with Crippen molar-refractivity contribution in [2.45, 2.75) is 52.1 Å². The molecule has 0 aliphatic rings. The van der Waals surface area contributed by atoms with E-state index in [4.69, 9.17) is 4.74 Å². The summed E-state index contributed by atoms with van der Waals surface area (Å²) in [6.07, 6.45) is 2.56. The molecule has 0 aromatic heterocycles. The molecule has 198 valence electrons. The molecule has 0 aliphatic heterocycles. The first-order valence-electron chi connectivity index (χ1n) is 12.0. The number of benzene rings is 2. The number of ether oxygens (including phenoxy) is 1. The fraction of sp³-hybridized carbons (Fsp3) is 0.462. The third-order valence-electron chi connectivity index (χ3n) is 5.69. The van der Waals surface area contributed by atoms with Gasteiger partial charge in [0.2, 0.25) is 21.8 Å². The van der Waals surface area contributed by atoms with Gasteiger partial charge in [0.1, 0.15) is 17.6 Å². The predicted octanol–water partition coefficient (Wildman–Crippen LogP) is 3.71. The minimum Gasteiger partial charge on any atom is -0.497 e. The minimum absolute atomic E-state index is 0.0364. The molecule has 0 fully saturated rings. The van der Waals surface area contributed by atoms with Crippen LogP contribution in [-0.4, -0.2) is 57.6 Å². The molecule has 1 atom stereocenters. The number of rotatable bonds is 14. The number of hydrogen-bond donors (Lipinski definition) is 1. The number of hydrogen-bond acceptors (Lipinski definition) is 5. The van der Waals surface area contributed by atoms with Crippen LogP contribution in [0.4, 0.5) is 10.1 Å². The minimum atomic E-state index is -3.61. The largest absolute Gasteiger partial charge is 0.497 e. The topological polar surface area (TPSA) is 96.0 Å². The van der Waals surface area contributed by atoms with Crippen LogP contribution in [0.3, 0.4) is 0 Å². The second-order valence-corrected chi connectivity index (χ2v) is 10.4. The summed E-state index contributed by atoms with van der Waals surface area (Å²) in [7, 11) is -2.11. The molecule has 0 heterocycles. The monoisotopic (exact) mass is 521 g/mol. The van der Waals surface area contributed by atoms with Crippen molar-refractivity contribution in [2.24, 2.45) is 0 Å². The van der Waals surface area contributed by atoms with Gasteiger partial charge in [0.05, 0.1) is 19.1 Å². The molecule has 10 heteroatoms. The van der Waals surface area contributed by atoms with Gasteiger partial charge in [0.25, 0.3) is 0 Å². The van der Waals surface area contributed by atoms with Crippen molar-refractivity contribution < 1.29 is 27.1 Å². The van der Waals surface area contributed by atoms with E-state index in [2.05, 4.69) is 5.32 Å². The highest BCUT2D eigenvalue weighted by molar-refractivity contribution is 7.92. The Kier molecular flexibility index (Phi) is 11.2. The summed E-state index contributed by atoms with van der Waals surface area (Å²) < 4.78 is 44.8. The Morgan fingerprint density at radius 2 is 1.81 bits per heavy atom. The summed E-state index contributed by atoms with van der Waals surface area (Å²) in [4.78, 5) is 27.7. The van der Waals surface area contributed by atoms with Crippen LogP contribution in [-0.2, 0) is 26.2 Å². The van der Waals surface area contributed by atoms with Crippen LogP contribution < -0.4 is 14.4 Å². The molecular weight excluding hydrogens is 485 g/mol. The smallest absolute Gasteiger partial charge is 0.242 e. The molecule has 2 aromatic carbocycles. The standard InChI is InChI=1S/C26H36FN3O5S/c1-5-16-28-26(32)24(6-2)29(19-20-12-14-21(27)15-13-20)25(31)11-8-17-30(36(4,33)34)22-9-7-10-23(18-22)35-3/h7,9-10,12-15,18,24H,5-6,8,11,16-17,19H2,1-4H3,(H,28,32)/t24-/m0/s1. The van der Waals surface area contributed by atoms with Crippen molar-refractivity contribution in [3.05, 3.63) is 59.9 Å². The van der Waals surface area contributed by atoms with E-state index in [1.165, 1.54) is 28.4 Å². The Bertz CT molecular complexity index is 1110. The lowest BCUT2D eigenvalue weighted by molar-refractivity contribution is -0.141. The Morgan fingerprint density at radius 3 is 2.39 bits per heavy atom. The second-order valence-electron chi connectivity index (χ2n) is 8.50. The number of methoxy groups -OCH3 is 1. The number of amides is 2. The van der Waals surface area contributed by atoms with Crippen LogP contribution in [0.25, 0.3) is 0 Å². The van der Waals surface area contributed by atoms with E-state index in [0.717, 1.165) is 12.7 Å². The lowest BCUT2D eigenvalue weighted by atomic mass is 10.1. The summed E-state index contributed by atoms with van der Waals surface area (Å²) in [5.74, 6) is -0.393. The molecule has 0 bridgehead atoms. The Morgan fingerprint density at radius 1 is 1.11 bits per heavy atom. The van der Waals surface area contributed by atoms with Gasteiger partial charge in [0.15, 0.2) is 0 Å². The van der Waals surface area contributed by atoms with Gasteiger partial charge in [-0.15, -0.1) is 0 Å². The van der Waals surface area contributed by atoms with E-state index >= 15 is 0 Å². The first-order chi connectivity index (χ1) is 17.1. The molecule has 1 N–H and O–H groups in total. The number of halogens is 1. The quantitative estimate of drug-likeness (QED) is 0.409. The zero-order valence-electron chi connectivity index (χ0n) is 21.4. The zero-order chi connectivity index (χ0) is 26.7. The van der Waals surface area contributed by atoms with Crippen molar-refractivity contribution in [2.75, 3.05) is 30.8 Å². The third-order valence-corrected chi connectivity index (χ3v) is 6.89. The van der Waals surface area contributed by atoms with Gasteiger partial charge < -0.3 is 15.0 Å². The van der Waals surface area contributed by atoms with Crippen LogP contribution in [0.5, 0.6) is 5.75 Å². The molecule has 0 aliphatic carbocycles. The van der Waals surface area contributed by atoms with E-state index in [9.17, 15) is 22.4 Å². The molecule has 0 saturated heterocycles. The maximum Gasteiger partial charge on any atom is 0.242 e. The van der Waals surface area contributed by atoms with Gasteiger partial charge in [-0.3, -0.25) is 13.9 Å². The van der Waals surface area contributed by atoms with Gasteiger partial charge in [-0.25, -0.2) is 12.8 Å². The summed E-state index contributed by atoms with van der Waals surface area (Å²) >= 11 is 0. The number of carbonyl (C=O) groups is 2. The normalized spacial score (nSPS) is 12.0. The summed E-state index contributed by atoms with van der Waals surface area (Å²) in [6, 6.07) is 11.8. The van der Waals surface area contributed by atoms with Crippen LogP contribution in [0.2, 0.25) is 0 Å². The third kappa shape index (κ3) is 8.51. The average Bonchev–Trinajstić information content (AvgIpc) is 2.85. The highest BCUT2D eigenvalue weighted by atomic mass is 32.2. The molecule has 0 unspecified atom stereocenters. The molecule has 8 nitrogen and oxygen atoms in total. The lowest BCUT2D eigenvalue weighted by Gasteiger charge is -2.31. The molecule has 2 aromatic rings. The number of anilines is 1. The number of sulfonamides is 1. The SMILES string of the molecule is CCCNC(=O)[C@H](CC)N(Cc1ccc(F)cc1)C(=O)CCCN(c1cccc(OC)c1)S(C)(=O)=O. The van der Waals surface area contributed by atoms with E-state index in [0.29, 0.717) is 30.0 Å². The summed E-state index contributed by atoms with van der Waals surface area (Å²) in [5.41, 5.74) is 1.14. The van der Waals surface area contributed by atoms with Gasteiger partial charge >= 0.3 is 0 Å². The van der Waals surface area contributed by atoms with E-state index in [1.807, 2.05) is 13.8 Å². The molecule has 2 amide bonds. The highest BCUT2D eigenvalue weighted by Crippen LogP contribution is 2.24. The van der Waals surface area contributed by atoms with Crippen LogP contribution in [0, 0.1) is 5.82 Å². The molecule has 0 saturated carbocycles. The van der Waals surface area contributed by atoms with Crippen LogP contribution >= 0.6 is 0 Å². The summed E-state index contributed by atoms with van der Waals surface area (Å²) in [6.45, 7) is 4.50. The molecule has 2 rings (SSSR count). The molecular formula is C26H36FN3O5S. The van der Waals surface area contributed by atoms with Gasteiger partial charge in [0, 0.05) is 32.1 Å². The van der Waals surface area contributed by atoms with Crippen molar-refractivity contribution in [3.63, 3.8) is 0 Å². The van der Waals surface area contributed by atoms with E-state index in [1.54, 1.807) is 36.4 Å².